The summed E-state index contributed by atoms with van der Waals surface area (Å²) >= 11 is 0. The fourth-order valence-electron chi connectivity index (χ4n) is 2.31. The van der Waals surface area contributed by atoms with Crippen molar-refractivity contribution in [1.82, 2.24) is 5.32 Å². The van der Waals surface area contributed by atoms with Gasteiger partial charge >= 0.3 is 0 Å². The highest BCUT2D eigenvalue weighted by atomic mass is 19.1. The van der Waals surface area contributed by atoms with Gasteiger partial charge in [-0.15, -0.1) is 0 Å². The lowest BCUT2D eigenvalue weighted by Crippen LogP contribution is -2.28. The Morgan fingerprint density at radius 3 is 2.30 bits per heavy atom. The smallest absolute Gasteiger partial charge is 0.251 e. The first-order valence-electron chi connectivity index (χ1n) is 7.29. The molecule has 1 amide bonds. The summed E-state index contributed by atoms with van der Waals surface area (Å²) in [6.45, 7) is 3.30. The third-order valence-corrected chi connectivity index (χ3v) is 3.66. The number of hydrogen-bond donors (Lipinski definition) is 2. The quantitative estimate of drug-likeness (QED) is 0.891. The lowest BCUT2D eigenvalue weighted by Gasteiger charge is -2.13. The number of nitrogens with one attached hydrogen (secondary N) is 1. The molecular formula is C18H20FNO3. The largest absolute Gasteiger partial charge is 0.497 e. The van der Waals surface area contributed by atoms with Gasteiger partial charge < -0.3 is 15.2 Å². The molecule has 5 heteroatoms. The van der Waals surface area contributed by atoms with Gasteiger partial charge in [-0.05, 0) is 54.8 Å². The lowest BCUT2D eigenvalue weighted by molar-refractivity contribution is 0.0916. The van der Waals surface area contributed by atoms with Crippen molar-refractivity contribution >= 4 is 5.91 Å². The number of aliphatic hydroxyl groups is 1. The molecule has 2 N–H and O–H groups in total. The van der Waals surface area contributed by atoms with Gasteiger partial charge in [-0.25, -0.2) is 4.39 Å². The van der Waals surface area contributed by atoms with E-state index in [-0.39, 0.29) is 18.3 Å². The molecule has 4 nitrogen and oxygen atoms in total. The van der Waals surface area contributed by atoms with Gasteiger partial charge in [0.15, 0.2) is 0 Å². The van der Waals surface area contributed by atoms with Crippen molar-refractivity contribution in [1.29, 1.82) is 0 Å². The number of ether oxygens (including phenoxy) is 1. The van der Waals surface area contributed by atoms with E-state index in [4.69, 9.17) is 4.74 Å². The van der Waals surface area contributed by atoms with Gasteiger partial charge in [0.05, 0.1) is 13.2 Å². The maximum atomic E-state index is 13.6. The molecular weight excluding hydrogens is 297 g/mol. The molecule has 0 saturated heterocycles. The van der Waals surface area contributed by atoms with Crippen LogP contribution in [0, 0.1) is 19.7 Å². The SMILES string of the molecule is COc1ccc(C(O)CNC(=O)c2cc(C)c(F)c(C)c2)cc1. The van der Waals surface area contributed by atoms with Crippen molar-refractivity contribution < 1.29 is 19.0 Å². The summed E-state index contributed by atoms with van der Waals surface area (Å²) in [5, 5.41) is 12.8. The summed E-state index contributed by atoms with van der Waals surface area (Å²) in [6.07, 6.45) is -0.826. The number of benzene rings is 2. The highest BCUT2D eigenvalue weighted by molar-refractivity contribution is 5.94. The molecule has 2 rings (SSSR count). The van der Waals surface area contributed by atoms with Crippen LogP contribution in [0.3, 0.4) is 0 Å². The second-order valence-corrected chi connectivity index (χ2v) is 5.42. The van der Waals surface area contributed by atoms with Crippen LogP contribution >= 0.6 is 0 Å². The Bertz CT molecular complexity index is 675. The first-order valence-corrected chi connectivity index (χ1v) is 7.29. The molecule has 0 aliphatic rings. The van der Waals surface area contributed by atoms with E-state index in [2.05, 4.69) is 5.32 Å². The minimum absolute atomic E-state index is 0.0701. The minimum Gasteiger partial charge on any atom is -0.497 e. The highest BCUT2D eigenvalue weighted by Gasteiger charge is 2.13. The van der Waals surface area contributed by atoms with Gasteiger partial charge in [0.25, 0.3) is 5.91 Å². The maximum Gasteiger partial charge on any atom is 0.251 e. The molecule has 0 fully saturated rings. The number of methoxy groups -OCH3 is 1. The van der Waals surface area contributed by atoms with Crippen LogP contribution in [0.25, 0.3) is 0 Å². The van der Waals surface area contributed by atoms with E-state index >= 15 is 0 Å². The summed E-state index contributed by atoms with van der Waals surface area (Å²) in [6, 6.07) is 9.96. The van der Waals surface area contributed by atoms with Crippen molar-refractivity contribution in [3.8, 4) is 5.75 Å². The van der Waals surface area contributed by atoms with Crippen LogP contribution in [0.1, 0.15) is 33.2 Å². The number of carbonyl (C=O) groups is 1. The average Bonchev–Trinajstić information content (AvgIpc) is 2.56. The Morgan fingerprint density at radius 1 is 1.22 bits per heavy atom. The van der Waals surface area contributed by atoms with E-state index in [0.717, 1.165) is 0 Å². The summed E-state index contributed by atoms with van der Waals surface area (Å²) in [4.78, 5) is 12.1. The Labute approximate surface area is 134 Å². The van der Waals surface area contributed by atoms with E-state index < -0.39 is 6.10 Å². The third-order valence-electron chi connectivity index (χ3n) is 3.66. The molecule has 0 saturated carbocycles. The third kappa shape index (κ3) is 4.07. The minimum atomic E-state index is -0.826. The second-order valence-electron chi connectivity index (χ2n) is 5.42. The molecule has 23 heavy (non-hydrogen) atoms. The molecule has 0 spiro atoms. The van der Waals surface area contributed by atoms with Gasteiger partial charge in [0, 0.05) is 12.1 Å². The van der Waals surface area contributed by atoms with Gasteiger partial charge in [0.2, 0.25) is 0 Å². The van der Waals surface area contributed by atoms with Gasteiger partial charge in [-0.1, -0.05) is 12.1 Å². The van der Waals surface area contributed by atoms with E-state index in [1.54, 1.807) is 45.2 Å². The normalized spacial score (nSPS) is 11.9. The number of halogens is 1. The molecule has 0 aliphatic heterocycles. The van der Waals surface area contributed by atoms with Crippen LogP contribution in [0.5, 0.6) is 5.75 Å². The standard InChI is InChI=1S/C18H20FNO3/c1-11-8-14(9-12(2)17(11)19)18(22)20-10-16(21)13-4-6-15(23-3)7-5-13/h4-9,16,21H,10H2,1-3H3,(H,20,22). The highest BCUT2D eigenvalue weighted by Crippen LogP contribution is 2.18. The second kappa shape index (κ2) is 7.24. The maximum absolute atomic E-state index is 13.6. The number of aryl methyl sites for hydroxylation is 2. The monoisotopic (exact) mass is 317 g/mol. The van der Waals surface area contributed by atoms with Gasteiger partial charge in [0.1, 0.15) is 11.6 Å². The van der Waals surface area contributed by atoms with Crippen LogP contribution in [-0.2, 0) is 0 Å². The molecule has 122 valence electrons. The molecule has 0 heterocycles. The van der Waals surface area contributed by atoms with Crippen molar-refractivity contribution in [3.05, 3.63) is 64.5 Å². The molecule has 0 aromatic heterocycles. The molecule has 0 aliphatic carbocycles. The van der Waals surface area contributed by atoms with Crippen LogP contribution in [0.2, 0.25) is 0 Å². The van der Waals surface area contributed by atoms with Gasteiger partial charge in [-0.3, -0.25) is 4.79 Å². The van der Waals surface area contributed by atoms with E-state index in [0.29, 0.717) is 28.0 Å². The summed E-state index contributed by atoms with van der Waals surface area (Å²) in [5.74, 6) is 0.0471. The first kappa shape index (κ1) is 17.0. The fraction of sp³-hybridized carbons (Fsp3) is 0.278. The molecule has 1 unspecified atom stereocenters. The summed E-state index contributed by atoms with van der Waals surface area (Å²) in [7, 11) is 1.57. The van der Waals surface area contributed by atoms with Crippen LogP contribution < -0.4 is 10.1 Å². The van der Waals surface area contributed by atoms with Crippen LogP contribution in [0.15, 0.2) is 36.4 Å². The average molecular weight is 317 g/mol. The Hall–Kier alpha value is -2.40. The topological polar surface area (TPSA) is 58.6 Å². The van der Waals surface area contributed by atoms with E-state index in [1.807, 2.05) is 0 Å². The van der Waals surface area contributed by atoms with Crippen molar-refractivity contribution in [2.45, 2.75) is 20.0 Å². The zero-order valence-electron chi connectivity index (χ0n) is 13.4. The van der Waals surface area contributed by atoms with Crippen molar-refractivity contribution in [3.63, 3.8) is 0 Å². The predicted octanol–water partition coefficient (Wildman–Crippen LogP) is 2.91. The van der Waals surface area contributed by atoms with Crippen LogP contribution in [0.4, 0.5) is 4.39 Å². The summed E-state index contributed by atoms with van der Waals surface area (Å²) in [5.41, 5.74) is 1.90. The molecule has 0 bridgehead atoms. The first-order chi connectivity index (χ1) is 10.9. The van der Waals surface area contributed by atoms with E-state index in [1.165, 1.54) is 12.1 Å². The van der Waals surface area contributed by atoms with Crippen molar-refractivity contribution in [2.24, 2.45) is 0 Å². The molecule has 0 radical (unpaired) electrons. The fourth-order valence-corrected chi connectivity index (χ4v) is 2.31. The Balaban J connectivity index is 2.00. The lowest BCUT2D eigenvalue weighted by atomic mass is 10.1. The zero-order valence-corrected chi connectivity index (χ0v) is 13.4. The number of hydrogen-bond acceptors (Lipinski definition) is 3. The summed E-state index contributed by atoms with van der Waals surface area (Å²) < 4.78 is 18.6. The Morgan fingerprint density at radius 2 is 1.78 bits per heavy atom. The number of rotatable bonds is 5. The Kier molecular flexibility index (Phi) is 5.34. The van der Waals surface area contributed by atoms with Crippen LogP contribution in [-0.4, -0.2) is 24.7 Å². The van der Waals surface area contributed by atoms with Crippen molar-refractivity contribution in [2.75, 3.05) is 13.7 Å². The molecule has 2 aromatic rings. The number of amides is 1. The predicted molar refractivity (Wildman–Crippen MR) is 86.2 cm³/mol. The number of aliphatic hydroxyl groups excluding tert-OH is 1. The van der Waals surface area contributed by atoms with E-state index in [9.17, 15) is 14.3 Å². The zero-order chi connectivity index (χ0) is 17.0. The number of carbonyl (C=O) groups excluding carboxylic acids is 1. The van der Waals surface area contributed by atoms with Gasteiger partial charge in [-0.2, -0.15) is 0 Å². The molecule has 1 atom stereocenters. The molecule has 2 aromatic carbocycles.